The molecule has 0 bridgehead atoms. The van der Waals surface area contributed by atoms with Crippen LogP contribution in [0, 0.1) is 10.1 Å². The van der Waals surface area contributed by atoms with Crippen molar-refractivity contribution in [2.45, 2.75) is 0 Å². The van der Waals surface area contributed by atoms with Gasteiger partial charge < -0.3 is 5.32 Å². The molecule has 0 spiro atoms. The lowest BCUT2D eigenvalue weighted by Crippen LogP contribution is -2.08. The number of anilines is 1. The number of hydrogen-bond acceptors (Lipinski definition) is 5. The number of amides is 1. The van der Waals surface area contributed by atoms with E-state index in [4.69, 9.17) is 0 Å². The first-order valence-electron chi connectivity index (χ1n) is 6.65. The van der Waals surface area contributed by atoms with Crippen LogP contribution < -0.4 is 5.32 Å². The molecule has 2 heterocycles. The van der Waals surface area contributed by atoms with Crippen LogP contribution >= 0.6 is 0 Å². The largest absolute Gasteiger partial charge is 0.321 e. The molecule has 114 valence electrons. The van der Waals surface area contributed by atoms with Crippen molar-refractivity contribution in [2.75, 3.05) is 5.32 Å². The van der Waals surface area contributed by atoms with Gasteiger partial charge in [-0.15, -0.1) is 10.2 Å². The van der Waals surface area contributed by atoms with Crippen molar-refractivity contribution in [3.63, 3.8) is 0 Å². The first-order chi connectivity index (χ1) is 11.1. The van der Waals surface area contributed by atoms with Crippen molar-refractivity contribution < 1.29 is 9.72 Å². The normalized spacial score (nSPS) is 11.0. The van der Waals surface area contributed by atoms with E-state index in [0.717, 1.165) is 0 Å². The van der Waals surface area contributed by atoms with Gasteiger partial charge in [0.15, 0.2) is 5.65 Å². The second-order valence-corrected chi connectivity index (χ2v) is 4.69. The van der Waals surface area contributed by atoms with E-state index in [0.29, 0.717) is 16.9 Å². The monoisotopic (exact) mass is 309 g/mol. The maximum Gasteiger partial charge on any atom is 0.269 e. The zero-order valence-corrected chi connectivity index (χ0v) is 11.8. The van der Waals surface area contributed by atoms with Gasteiger partial charge in [0.05, 0.1) is 10.6 Å². The zero-order chi connectivity index (χ0) is 16.2. The summed E-state index contributed by atoms with van der Waals surface area (Å²) in [6.45, 7) is 0. The number of rotatable bonds is 4. The average molecular weight is 309 g/mol. The van der Waals surface area contributed by atoms with Gasteiger partial charge in [-0.1, -0.05) is 0 Å². The molecule has 2 aromatic heterocycles. The number of carbonyl (C=O) groups is 1. The fourth-order valence-electron chi connectivity index (χ4n) is 1.96. The molecule has 0 atom stereocenters. The van der Waals surface area contributed by atoms with Crippen LogP contribution in [-0.2, 0) is 4.79 Å². The van der Waals surface area contributed by atoms with Crippen LogP contribution in [0.5, 0.6) is 0 Å². The highest BCUT2D eigenvalue weighted by molar-refractivity contribution is 6.01. The van der Waals surface area contributed by atoms with Crippen molar-refractivity contribution in [3.8, 4) is 0 Å². The van der Waals surface area contributed by atoms with Crippen LogP contribution in [0.2, 0.25) is 0 Å². The maximum absolute atomic E-state index is 11.9. The van der Waals surface area contributed by atoms with Crippen molar-refractivity contribution in [2.24, 2.45) is 0 Å². The van der Waals surface area contributed by atoms with Crippen molar-refractivity contribution in [1.82, 2.24) is 14.6 Å². The number of nitrogens with one attached hydrogen (secondary N) is 1. The van der Waals surface area contributed by atoms with Gasteiger partial charge in [0.25, 0.3) is 5.69 Å². The molecule has 3 rings (SSSR count). The molecule has 0 saturated carbocycles. The van der Waals surface area contributed by atoms with E-state index in [2.05, 4.69) is 15.5 Å². The lowest BCUT2D eigenvalue weighted by Gasteiger charge is -2.02. The van der Waals surface area contributed by atoms with E-state index < -0.39 is 4.92 Å². The van der Waals surface area contributed by atoms with Gasteiger partial charge in [0.1, 0.15) is 6.33 Å². The summed E-state index contributed by atoms with van der Waals surface area (Å²) in [4.78, 5) is 22.0. The average Bonchev–Trinajstić information content (AvgIpc) is 3.01. The van der Waals surface area contributed by atoms with Crippen LogP contribution in [0.1, 0.15) is 5.56 Å². The van der Waals surface area contributed by atoms with Gasteiger partial charge in [0.2, 0.25) is 5.91 Å². The Labute approximate surface area is 130 Å². The molecule has 0 aliphatic heterocycles. The molecule has 0 saturated heterocycles. The molecule has 1 N–H and O–H groups in total. The first-order valence-corrected chi connectivity index (χ1v) is 6.65. The summed E-state index contributed by atoms with van der Waals surface area (Å²) in [6, 6.07) is 9.38. The molecule has 8 heteroatoms. The topological polar surface area (TPSA) is 102 Å². The molecule has 1 amide bonds. The van der Waals surface area contributed by atoms with Gasteiger partial charge >= 0.3 is 0 Å². The summed E-state index contributed by atoms with van der Waals surface area (Å²) < 4.78 is 1.69. The molecule has 0 unspecified atom stereocenters. The van der Waals surface area contributed by atoms with Crippen LogP contribution in [-0.4, -0.2) is 25.4 Å². The van der Waals surface area contributed by atoms with Crippen LogP contribution in [0.15, 0.2) is 55.0 Å². The Morgan fingerprint density at radius 1 is 1.22 bits per heavy atom. The van der Waals surface area contributed by atoms with Gasteiger partial charge in [-0.25, -0.2) is 0 Å². The van der Waals surface area contributed by atoms with E-state index in [9.17, 15) is 14.9 Å². The molecule has 0 radical (unpaired) electrons. The molecule has 8 nitrogen and oxygen atoms in total. The summed E-state index contributed by atoms with van der Waals surface area (Å²) in [5.41, 5.74) is 1.99. The Hall–Kier alpha value is -3.55. The number of fused-ring (bicyclic) bond motifs is 1. The number of nitro groups is 1. The SMILES string of the molecule is O=C(/C=C/c1ccc([N+](=O)[O-])cc1)Nc1ccc2nncn2c1. The molecule has 23 heavy (non-hydrogen) atoms. The Morgan fingerprint density at radius 3 is 2.74 bits per heavy atom. The number of nitro benzene ring substituents is 1. The highest BCUT2D eigenvalue weighted by Gasteiger charge is 2.03. The number of non-ortho nitro benzene ring substituents is 1. The Kier molecular flexibility index (Phi) is 3.79. The third-order valence-corrected chi connectivity index (χ3v) is 3.09. The second-order valence-electron chi connectivity index (χ2n) is 4.69. The molecule has 0 aliphatic carbocycles. The van der Waals surface area contributed by atoms with E-state index in [1.807, 2.05) is 0 Å². The van der Waals surface area contributed by atoms with E-state index in [1.54, 1.807) is 40.9 Å². The number of nitrogens with zero attached hydrogens (tertiary/aromatic N) is 4. The zero-order valence-electron chi connectivity index (χ0n) is 11.8. The van der Waals surface area contributed by atoms with Crippen LogP contribution in [0.25, 0.3) is 11.7 Å². The smallest absolute Gasteiger partial charge is 0.269 e. The van der Waals surface area contributed by atoms with Gasteiger partial charge in [-0.05, 0) is 35.9 Å². The fraction of sp³-hybridized carbons (Fsp3) is 0. The predicted molar refractivity (Wildman–Crippen MR) is 83.7 cm³/mol. The summed E-state index contributed by atoms with van der Waals surface area (Å²) in [6.07, 6.45) is 6.18. The molecular weight excluding hydrogens is 298 g/mol. The standard InChI is InChI=1S/C15H11N5O3/c21-15(8-3-11-1-5-13(6-2-11)20(22)23)17-12-4-7-14-18-16-10-19(14)9-12/h1-10H,(H,17,21)/b8-3+. The number of aromatic nitrogens is 3. The summed E-state index contributed by atoms with van der Waals surface area (Å²) in [7, 11) is 0. The van der Waals surface area contributed by atoms with Gasteiger partial charge in [-0.2, -0.15) is 0 Å². The summed E-state index contributed by atoms with van der Waals surface area (Å²) in [5, 5.41) is 20.9. The molecular formula is C15H11N5O3. The molecule has 3 aromatic rings. The van der Waals surface area contributed by atoms with Crippen molar-refractivity contribution in [3.05, 3.63) is 70.7 Å². The minimum absolute atomic E-state index is 0.00819. The second kappa shape index (κ2) is 6.06. The first kappa shape index (κ1) is 14.4. The number of benzene rings is 1. The predicted octanol–water partition coefficient (Wildman–Crippen LogP) is 2.29. The molecule has 0 aliphatic rings. The summed E-state index contributed by atoms with van der Waals surface area (Å²) in [5.74, 6) is -0.309. The van der Waals surface area contributed by atoms with E-state index in [1.165, 1.54) is 24.5 Å². The lowest BCUT2D eigenvalue weighted by atomic mass is 10.2. The van der Waals surface area contributed by atoms with Crippen molar-refractivity contribution in [1.29, 1.82) is 0 Å². The highest BCUT2D eigenvalue weighted by atomic mass is 16.6. The lowest BCUT2D eigenvalue weighted by molar-refractivity contribution is -0.384. The molecule has 1 aromatic carbocycles. The summed E-state index contributed by atoms with van der Waals surface area (Å²) >= 11 is 0. The maximum atomic E-state index is 11.9. The molecule has 0 fully saturated rings. The Balaban J connectivity index is 1.67. The third-order valence-electron chi connectivity index (χ3n) is 3.09. The highest BCUT2D eigenvalue weighted by Crippen LogP contribution is 2.13. The third kappa shape index (κ3) is 3.38. The van der Waals surface area contributed by atoms with Crippen LogP contribution in [0.3, 0.4) is 0 Å². The quantitative estimate of drug-likeness (QED) is 0.452. The Bertz CT molecular complexity index is 899. The minimum atomic E-state index is -0.471. The van der Waals surface area contributed by atoms with Crippen LogP contribution in [0.4, 0.5) is 11.4 Å². The minimum Gasteiger partial charge on any atom is -0.321 e. The fourth-order valence-corrected chi connectivity index (χ4v) is 1.96. The number of carbonyl (C=O) groups excluding carboxylic acids is 1. The number of pyridine rings is 1. The van der Waals surface area contributed by atoms with E-state index in [-0.39, 0.29) is 11.6 Å². The Morgan fingerprint density at radius 2 is 2.00 bits per heavy atom. The number of hydrogen-bond donors (Lipinski definition) is 1. The van der Waals surface area contributed by atoms with Gasteiger partial charge in [0, 0.05) is 24.4 Å². The van der Waals surface area contributed by atoms with Gasteiger partial charge in [-0.3, -0.25) is 19.3 Å². The van der Waals surface area contributed by atoms with E-state index >= 15 is 0 Å². The van der Waals surface area contributed by atoms with Crippen molar-refractivity contribution >= 4 is 29.0 Å².